The fourth-order valence-electron chi connectivity index (χ4n) is 2.29. The highest BCUT2D eigenvalue weighted by Gasteiger charge is 2.32. The summed E-state index contributed by atoms with van der Waals surface area (Å²) in [6.07, 6.45) is -3.92. The Kier molecular flexibility index (Phi) is 4.84. The van der Waals surface area contributed by atoms with Crippen molar-refractivity contribution in [3.8, 4) is 0 Å². The highest BCUT2D eigenvalue weighted by molar-refractivity contribution is 7.99. The molecule has 0 spiro atoms. The van der Waals surface area contributed by atoms with E-state index < -0.39 is 24.5 Å². The minimum absolute atomic E-state index is 0.0607. The predicted octanol–water partition coefficient (Wildman–Crippen LogP) is 1.51. The average molecular weight is 335 g/mol. The molecule has 0 aliphatic carbocycles. The number of rotatable bonds is 3. The zero-order chi connectivity index (χ0) is 16.5. The number of hydrogen-bond donors (Lipinski definition) is 1. The van der Waals surface area contributed by atoms with Crippen LogP contribution in [0.3, 0.4) is 0 Å². The van der Waals surface area contributed by atoms with E-state index in [1.807, 2.05) is 12.2 Å². The molecule has 1 atom stereocenters. The van der Waals surface area contributed by atoms with E-state index in [9.17, 15) is 22.8 Å². The van der Waals surface area contributed by atoms with E-state index >= 15 is 0 Å². The lowest BCUT2D eigenvalue weighted by atomic mass is 10.1. The van der Waals surface area contributed by atoms with Gasteiger partial charge in [-0.05, 0) is 13.3 Å². The smallest absolute Gasteiger partial charge is 0.347 e. The Balaban J connectivity index is 2.17. The molecular weight excluding hydrogens is 319 g/mol. The van der Waals surface area contributed by atoms with Crippen LogP contribution in [0.25, 0.3) is 0 Å². The molecule has 9 heteroatoms. The minimum atomic E-state index is -4.44. The quantitative estimate of drug-likeness (QED) is 0.851. The Hall–Kier alpha value is -1.51. The second-order valence-electron chi connectivity index (χ2n) is 5.07. The van der Waals surface area contributed by atoms with Gasteiger partial charge in [-0.1, -0.05) is 18.7 Å². The van der Waals surface area contributed by atoms with Gasteiger partial charge in [-0.3, -0.25) is 14.2 Å². The molecule has 1 N–H and O–H groups in total. The summed E-state index contributed by atoms with van der Waals surface area (Å²) >= 11 is 1.22. The van der Waals surface area contributed by atoms with E-state index in [4.69, 9.17) is 0 Å². The molecule has 122 valence electrons. The van der Waals surface area contributed by atoms with Crippen LogP contribution in [-0.4, -0.2) is 33.9 Å². The van der Waals surface area contributed by atoms with Crippen LogP contribution >= 0.6 is 11.8 Å². The number of nitrogens with zero attached hydrogens (tertiary/aromatic N) is 2. The lowest BCUT2D eigenvalue weighted by molar-refractivity contribution is -0.140. The zero-order valence-corrected chi connectivity index (χ0v) is 13.0. The van der Waals surface area contributed by atoms with Crippen LogP contribution in [0.5, 0.6) is 0 Å². The van der Waals surface area contributed by atoms with Crippen LogP contribution in [0.2, 0.25) is 0 Å². The second-order valence-corrected chi connectivity index (χ2v) is 6.06. The predicted molar refractivity (Wildman–Crippen MR) is 75.9 cm³/mol. The maximum absolute atomic E-state index is 12.3. The summed E-state index contributed by atoms with van der Waals surface area (Å²) in [5.74, 6) is -1.06. The van der Waals surface area contributed by atoms with Crippen molar-refractivity contribution in [2.45, 2.75) is 38.1 Å². The summed E-state index contributed by atoms with van der Waals surface area (Å²) in [5.41, 5.74) is 1.01. The molecule has 0 radical (unpaired) electrons. The van der Waals surface area contributed by atoms with Gasteiger partial charge in [-0.2, -0.15) is 13.2 Å². The number of hydrogen-bond acceptors (Lipinski definition) is 4. The van der Waals surface area contributed by atoms with Crippen molar-refractivity contribution in [1.29, 1.82) is 0 Å². The highest BCUT2D eigenvalue weighted by atomic mass is 32.2. The molecule has 0 bridgehead atoms. The number of alkyl halides is 3. The third-order valence-electron chi connectivity index (χ3n) is 3.44. The number of aryl methyl sites for hydroxylation is 1. The summed E-state index contributed by atoms with van der Waals surface area (Å²) in [6.45, 7) is 2.29. The number of amides is 1. The minimum Gasteiger partial charge on any atom is -0.347 e. The fourth-order valence-corrected chi connectivity index (χ4v) is 3.41. The van der Waals surface area contributed by atoms with Crippen molar-refractivity contribution < 1.29 is 18.0 Å². The summed E-state index contributed by atoms with van der Waals surface area (Å²) < 4.78 is 37.8. The molecule has 2 rings (SSSR count). The van der Waals surface area contributed by atoms with Crippen molar-refractivity contribution in [1.82, 2.24) is 14.9 Å². The first-order chi connectivity index (χ1) is 10.2. The van der Waals surface area contributed by atoms with Gasteiger partial charge in [0.25, 0.3) is 5.56 Å². The van der Waals surface area contributed by atoms with Gasteiger partial charge in [0, 0.05) is 23.6 Å². The lowest BCUT2D eigenvalue weighted by Gasteiger charge is -2.25. The Morgan fingerprint density at radius 1 is 1.50 bits per heavy atom. The standard InChI is InChI=1S/C13H16F3N3O2S/c1-3-9-7(2)18-12-19(11(9)21)4-8(5-22-12)10(20)17-6-13(14,15)16/h8H,3-6H2,1-2H3,(H,17,20). The van der Waals surface area contributed by atoms with Crippen molar-refractivity contribution >= 4 is 17.7 Å². The van der Waals surface area contributed by atoms with E-state index in [1.165, 1.54) is 16.3 Å². The second kappa shape index (κ2) is 6.31. The molecular formula is C13H16F3N3O2S. The van der Waals surface area contributed by atoms with Crippen molar-refractivity contribution in [2.24, 2.45) is 5.92 Å². The maximum atomic E-state index is 12.3. The topological polar surface area (TPSA) is 64.0 Å². The molecule has 1 unspecified atom stereocenters. The summed E-state index contributed by atoms with van der Waals surface area (Å²) in [5, 5.41) is 2.38. The van der Waals surface area contributed by atoms with E-state index in [0.717, 1.165) is 0 Å². The molecule has 1 aromatic heterocycles. The molecule has 0 aromatic carbocycles. The number of nitrogens with one attached hydrogen (secondary N) is 1. The van der Waals surface area contributed by atoms with E-state index in [0.29, 0.717) is 28.6 Å². The number of thioether (sulfide) groups is 1. The Morgan fingerprint density at radius 3 is 2.77 bits per heavy atom. The fraction of sp³-hybridized carbons (Fsp3) is 0.615. The summed E-state index contributed by atoms with van der Waals surface area (Å²) in [7, 11) is 0. The molecule has 2 heterocycles. The van der Waals surface area contributed by atoms with Gasteiger partial charge in [0.05, 0.1) is 5.92 Å². The van der Waals surface area contributed by atoms with E-state index in [2.05, 4.69) is 4.98 Å². The number of aromatic nitrogens is 2. The van der Waals surface area contributed by atoms with Gasteiger partial charge in [0.1, 0.15) is 6.54 Å². The molecule has 1 aliphatic heterocycles. The third-order valence-corrected chi connectivity index (χ3v) is 4.58. The first-order valence-corrected chi connectivity index (χ1v) is 7.79. The summed E-state index contributed by atoms with van der Waals surface area (Å²) in [4.78, 5) is 28.5. The Bertz CT molecular complexity index is 643. The Labute approximate surface area is 129 Å². The zero-order valence-electron chi connectivity index (χ0n) is 12.2. The monoisotopic (exact) mass is 335 g/mol. The largest absolute Gasteiger partial charge is 0.405 e. The molecule has 5 nitrogen and oxygen atoms in total. The van der Waals surface area contributed by atoms with Crippen LogP contribution < -0.4 is 10.9 Å². The van der Waals surface area contributed by atoms with Crippen LogP contribution in [-0.2, 0) is 17.8 Å². The molecule has 1 amide bonds. The Morgan fingerprint density at radius 2 is 2.18 bits per heavy atom. The van der Waals surface area contributed by atoms with Crippen LogP contribution in [0, 0.1) is 12.8 Å². The first-order valence-electron chi connectivity index (χ1n) is 6.80. The number of fused-ring (bicyclic) bond motifs is 1. The van der Waals surface area contributed by atoms with Crippen molar-refractivity contribution in [3.63, 3.8) is 0 Å². The highest BCUT2D eigenvalue weighted by Crippen LogP contribution is 2.26. The molecule has 0 fully saturated rings. The van der Waals surface area contributed by atoms with Crippen LogP contribution in [0.1, 0.15) is 18.2 Å². The van der Waals surface area contributed by atoms with Crippen LogP contribution in [0.4, 0.5) is 13.2 Å². The molecule has 1 aromatic rings. The van der Waals surface area contributed by atoms with Gasteiger partial charge in [0.15, 0.2) is 5.16 Å². The van der Waals surface area contributed by atoms with Crippen molar-refractivity contribution in [2.75, 3.05) is 12.3 Å². The number of carbonyl (C=O) groups excluding carboxylic acids is 1. The third kappa shape index (κ3) is 3.63. The summed E-state index contributed by atoms with van der Waals surface area (Å²) in [6, 6.07) is 0. The van der Waals surface area contributed by atoms with Gasteiger partial charge < -0.3 is 5.32 Å². The first kappa shape index (κ1) is 16.9. The maximum Gasteiger partial charge on any atom is 0.405 e. The number of halogens is 3. The van der Waals surface area contributed by atoms with Gasteiger partial charge in [-0.25, -0.2) is 4.98 Å². The SMILES string of the molecule is CCc1c(C)nc2n(c1=O)CC(C(=O)NCC(F)(F)F)CS2. The van der Waals surface area contributed by atoms with Crippen molar-refractivity contribution in [3.05, 3.63) is 21.6 Å². The van der Waals surface area contributed by atoms with Gasteiger partial charge in [-0.15, -0.1) is 0 Å². The van der Waals surface area contributed by atoms with E-state index in [-0.39, 0.29) is 12.1 Å². The normalized spacial score (nSPS) is 18.0. The lowest BCUT2D eigenvalue weighted by Crippen LogP contribution is -2.43. The number of carbonyl (C=O) groups is 1. The van der Waals surface area contributed by atoms with E-state index in [1.54, 1.807) is 6.92 Å². The average Bonchev–Trinajstić information content (AvgIpc) is 2.44. The molecule has 1 aliphatic rings. The van der Waals surface area contributed by atoms with Gasteiger partial charge in [0.2, 0.25) is 5.91 Å². The molecule has 22 heavy (non-hydrogen) atoms. The molecule has 0 saturated carbocycles. The molecule has 0 saturated heterocycles. The van der Waals surface area contributed by atoms with Gasteiger partial charge >= 0.3 is 6.18 Å². The van der Waals surface area contributed by atoms with Crippen LogP contribution in [0.15, 0.2) is 9.95 Å².